The Balaban J connectivity index is 1.42. The van der Waals surface area contributed by atoms with E-state index >= 15 is 0 Å². The summed E-state index contributed by atoms with van der Waals surface area (Å²) in [6.45, 7) is 8.53. The molecule has 1 heterocycles. The third-order valence-electron chi connectivity index (χ3n) is 5.38. The zero-order chi connectivity index (χ0) is 23.5. The van der Waals surface area contributed by atoms with Crippen molar-refractivity contribution >= 4 is 12.0 Å². The Morgan fingerprint density at radius 3 is 2.33 bits per heavy atom. The average molecular weight is 453 g/mol. The van der Waals surface area contributed by atoms with Crippen molar-refractivity contribution in [2.45, 2.75) is 0 Å². The Kier molecular flexibility index (Phi) is 9.20. The van der Waals surface area contributed by atoms with Crippen molar-refractivity contribution in [1.29, 1.82) is 0 Å². The lowest BCUT2D eigenvalue weighted by Crippen LogP contribution is -2.49. The van der Waals surface area contributed by atoms with Gasteiger partial charge in [-0.1, -0.05) is 18.7 Å². The normalized spacial score (nSPS) is 14.2. The molecule has 7 heteroatoms. The van der Waals surface area contributed by atoms with Crippen molar-refractivity contribution < 1.29 is 23.7 Å². The van der Waals surface area contributed by atoms with Crippen molar-refractivity contribution in [2.75, 3.05) is 60.2 Å². The molecule has 0 radical (unpaired) electrons. The monoisotopic (exact) mass is 452 g/mol. The van der Waals surface area contributed by atoms with E-state index in [2.05, 4.69) is 11.5 Å². The van der Waals surface area contributed by atoms with Gasteiger partial charge in [0.2, 0.25) is 5.91 Å². The number of carbonyl (C=O) groups is 1. The maximum absolute atomic E-state index is 12.6. The van der Waals surface area contributed by atoms with E-state index in [4.69, 9.17) is 18.9 Å². The molecule has 0 aromatic heterocycles. The van der Waals surface area contributed by atoms with Crippen LogP contribution in [-0.2, 0) is 4.79 Å². The van der Waals surface area contributed by atoms with E-state index < -0.39 is 0 Å². The smallest absolute Gasteiger partial charge is 0.246 e. The van der Waals surface area contributed by atoms with Crippen LogP contribution in [0.3, 0.4) is 0 Å². The summed E-state index contributed by atoms with van der Waals surface area (Å²) in [4.78, 5) is 16.8. The van der Waals surface area contributed by atoms with Crippen LogP contribution in [0.5, 0.6) is 23.0 Å². The second-order valence-electron chi connectivity index (χ2n) is 7.53. The van der Waals surface area contributed by atoms with Crippen molar-refractivity contribution in [3.63, 3.8) is 0 Å². The van der Waals surface area contributed by atoms with Gasteiger partial charge in [0.05, 0.1) is 14.2 Å². The first-order valence-corrected chi connectivity index (χ1v) is 11.0. The standard InChI is InChI=1S/C26H32N2O5/c1-4-18-33-24-11-5-21(20-25(24)31-3)6-12-26(29)28-15-13-27(14-16-28)17-19-32-23-9-7-22(30-2)8-10-23/h4-12,20H,1,13-19H2,2-3H3/b12-6+. The molecule has 1 aliphatic rings. The summed E-state index contributed by atoms with van der Waals surface area (Å²) in [6, 6.07) is 13.1. The van der Waals surface area contributed by atoms with Crippen LogP contribution < -0.4 is 18.9 Å². The fraction of sp³-hybridized carbons (Fsp3) is 0.346. The largest absolute Gasteiger partial charge is 0.497 e. The lowest BCUT2D eigenvalue weighted by molar-refractivity contribution is -0.127. The molecule has 176 valence electrons. The topological polar surface area (TPSA) is 60.5 Å². The zero-order valence-corrected chi connectivity index (χ0v) is 19.4. The Bertz CT molecular complexity index is 934. The van der Waals surface area contributed by atoms with Crippen molar-refractivity contribution in [3.05, 3.63) is 66.8 Å². The molecular formula is C26H32N2O5. The molecule has 1 amide bonds. The lowest BCUT2D eigenvalue weighted by atomic mass is 10.2. The van der Waals surface area contributed by atoms with Gasteiger partial charge in [-0.3, -0.25) is 9.69 Å². The minimum absolute atomic E-state index is 0.00934. The number of carbonyl (C=O) groups excluding carboxylic acids is 1. The first-order valence-electron chi connectivity index (χ1n) is 11.0. The molecule has 1 aliphatic heterocycles. The van der Waals surface area contributed by atoms with Crippen molar-refractivity contribution in [2.24, 2.45) is 0 Å². The van der Waals surface area contributed by atoms with Gasteiger partial charge in [0, 0.05) is 38.8 Å². The Morgan fingerprint density at radius 2 is 1.67 bits per heavy atom. The predicted octanol–water partition coefficient (Wildman–Crippen LogP) is 3.51. The van der Waals surface area contributed by atoms with Crippen LogP contribution in [0.15, 0.2) is 61.2 Å². The van der Waals surface area contributed by atoms with E-state index in [1.54, 1.807) is 32.4 Å². The van der Waals surface area contributed by atoms with Crippen LogP contribution in [0.1, 0.15) is 5.56 Å². The van der Waals surface area contributed by atoms with Gasteiger partial charge < -0.3 is 23.8 Å². The number of hydrogen-bond acceptors (Lipinski definition) is 6. The minimum Gasteiger partial charge on any atom is -0.497 e. The third kappa shape index (κ3) is 7.29. The molecular weight excluding hydrogens is 420 g/mol. The molecule has 0 atom stereocenters. The molecule has 1 fully saturated rings. The number of piperazine rings is 1. The van der Waals surface area contributed by atoms with Gasteiger partial charge in [0.15, 0.2) is 11.5 Å². The number of rotatable bonds is 11. The van der Waals surface area contributed by atoms with Gasteiger partial charge in [0.1, 0.15) is 24.7 Å². The molecule has 3 rings (SSSR count). The van der Waals surface area contributed by atoms with Crippen LogP contribution in [0.4, 0.5) is 0 Å². The molecule has 0 bridgehead atoms. The van der Waals surface area contributed by atoms with Gasteiger partial charge in [-0.25, -0.2) is 0 Å². The summed E-state index contributed by atoms with van der Waals surface area (Å²) in [5.74, 6) is 2.91. The number of benzene rings is 2. The van der Waals surface area contributed by atoms with E-state index in [1.165, 1.54) is 0 Å². The quantitative estimate of drug-likeness (QED) is 0.384. The fourth-order valence-corrected chi connectivity index (χ4v) is 3.49. The first-order chi connectivity index (χ1) is 16.1. The summed E-state index contributed by atoms with van der Waals surface area (Å²) in [5, 5.41) is 0. The predicted molar refractivity (Wildman–Crippen MR) is 129 cm³/mol. The van der Waals surface area contributed by atoms with Crippen molar-refractivity contribution in [1.82, 2.24) is 9.80 Å². The lowest BCUT2D eigenvalue weighted by Gasteiger charge is -2.34. The third-order valence-corrected chi connectivity index (χ3v) is 5.38. The molecule has 0 saturated carbocycles. The minimum atomic E-state index is 0.00934. The van der Waals surface area contributed by atoms with Gasteiger partial charge in [-0.05, 0) is 48.0 Å². The molecule has 2 aromatic carbocycles. The summed E-state index contributed by atoms with van der Waals surface area (Å²) >= 11 is 0. The maximum Gasteiger partial charge on any atom is 0.246 e. The molecule has 0 spiro atoms. The number of amides is 1. The number of nitrogens with zero attached hydrogens (tertiary/aromatic N) is 2. The molecule has 33 heavy (non-hydrogen) atoms. The highest BCUT2D eigenvalue weighted by molar-refractivity contribution is 5.92. The first kappa shape index (κ1) is 24.2. The van der Waals surface area contributed by atoms with Gasteiger partial charge in [-0.15, -0.1) is 0 Å². The van der Waals surface area contributed by atoms with Crippen molar-refractivity contribution in [3.8, 4) is 23.0 Å². The van der Waals surface area contributed by atoms with E-state index in [1.807, 2.05) is 47.4 Å². The Morgan fingerprint density at radius 1 is 0.939 bits per heavy atom. The average Bonchev–Trinajstić information content (AvgIpc) is 2.87. The van der Waals surface area contributed by atoms with E-state index in [9.17, 15) is 4.79 Å². The summed E-state index contributed by atoms with van der Waals surface area (Å²) < 4.78 is 21.9. The highest BCUT2D eigenvalue weighted by Crippen LogP contribution is 2.28. The van der Waals surface area contributed by atoms with Gasteiger partial charge in [-0.2, -0.15) is 0 Å². The molecule has 0 unspecified atom stereocenters. The van der Waals surface area contributed by atoms with Crippen LogP contribution in [-0.4, -0.2) is 75.9 Å². The highest BCUT2D eigenvalue weighted by atomic mass is 16.5. The zero-order valence-electron chi connectivity index (χ0n) is 19.4. The van der Waals surface area contributed by atoms with Crippen LogP contribution in [0.2, 0.25) is 0 Å². The van der Waals surface area contributed by atoms with E-state index in [-0.39, 0.29) is 5.91 Å². The fourth-order valence-electron chi connectivity index (χ4n) is 3.49. The molecule has 1 saturated heterocycles. The molecule has 7 nitrogen and oxygen atoms in total. The maximum atomic E-state index is 12.6. The molecule has 0 N–H and O–H groups in total. The number of ether oxygens (including phenoxy) is 4. The van der Waals surface area contributed by atoms with Gasteiger partial charge >= 0.3 is 0 Å². The summed E-state index contributed by atoms with van der Waals surface area (Å²) in [5.41, 5.74) is 0.875. The molecule has 0 aliphatic carbocycles. The summed E-state index contributed by atoms with van der Waals surface area (Å²) in [7, 11) is 3.24. The SMILES string of the molecule is C=CCOc1ccc(/C=C/C(=O)N2CCN(CCOc3ccc(OC)cc3)CC2)cc1OC. The number of hydrogen-bond donors (Lipinski definition) is 0. The second-order valence-corrected chi connectivity index (χ2v) is 7.53. The highest BCUT2D eigenvalue weighted by Gasteiger charge is 2.19. The van der Waals surface area contributed by atoms with Crippen LogP contribution in [0.25, 0.3) is 6.08 Å². The summed E-state index contributed by atoms with van der Waals surface area (Å²) in [6.07, 6.45) is 5.10. The Hall–Kier alpha value is -3.45. The van der Waals surface area contributed by atoms with Gasteiger partial charge in [0.25, 0.3) is 0 Å². The number of methoxy groups -OCH3 is 2. The molecule has 2 aromatic rings. The second kappa shape index (κ2) is 12.6. The van der Waals surface area contributed by atoms with E-state index in [0.717, 1.165) is 36.7 Å². The Labute approximate surface area is 195 Å². The van der Waals surface area contributed by atoms with Crippen LogP contribution in [0, 0.1) is 0 Å². The van der Waals surface area contributed by atoms with Crippen LogP contribution >= 0.6 is 0 Å². The van der Waals surface area contributed by atoms with E-state index in [0.29, 0.717) is 37.8 Å².